The summed E-state index contributed by atoms with van der Waals surface area (Å²) in [7, 11) is 1.75. The van der Waals surface area contributed by atoms with E-state index in [-0.39, 0.29) is 5.91 Å². The van der Waals surface area contributed by atoms with Crippen molar-refractivity contribution in [3.63, 3.8) is 0 Å². The van der Waals surface area contributed by atoms with Gasteiger partial charge in [-0.2, -0.15) is 0 Å². The van der Waals surface area contributed by atoms with Gasteiger partial charge in [0.1, 0.15) is 5.82 Å². The first-order valence-corrected chi connectivity index (χ1v) is 12.9. The Morgan fingerprint density at radius 2 is 1.68 bits per heavy atom. The van der Waals surface area contributed by atoms with Gasteiger partial charge in [-0.3, -0.25) is 14.7 Å². The molecule has 3 aromatic carbocycles. The van der Waals surface area contributed by atoms with Gasteiger partial charge >= 0.3 is 0 Å². The maximum atomic E-state index is 12.4. The molecule has 1 aromatic heterocycles. The maximum Gasteiger partial charge on any atom is 0.228 e. The lowest BCUT2D eigenvalue weighted by atomic mass is 10.0. The van der Waals surface area contributed by atoms with Crippen molar-refractivity contribution >= 4 is 28.4 Å². The van der Waals surface area contributed by atoms with Crippen molar-refractivity contribution < 1.29 is 9.53 Å². The Morgan fingerprint density at radius 1 is 0.919 bits per heavy atom. The molecular formula is C30H33N5O2. The summed E-state index contributed by atoms with van der Waals surface area (Å²) < 4.78 is 5.17. The molecule has 7 heteroatoms. The quantitative estimate of drug-likeness (QED) is 0.341. The van der Waals surface area contributed by atoms with Crippen LogP contribution in [0.15, 0.2) is 79.0 Å². The van der Waals surface area contributed by atoms with Crippen LogP contribution in [0.5, 0.6) is 0 Å². The third-order valence-electron chi connectivity index (χ3n) is 6.76. The molecule has 5 rings (SSSR count). The lowest BCUT2D eigenvalue weighted by molar-refractivity contribution is -0.115. The molecule has 1 aliphatic heterocycles. The average molecular weight is 496 g/mol. The average Bonchev–Trinajstić information content (AvgIpc) is 2.94. The molecule has 1 aliphatic rings. The largest absolute Gasteiger partial charge is 0.385 e. The second-order valence-corrected chi connectivity index (χ2v) is 9.39. The fourth-order valence-corrected chi connectivity index (χ4v) is 4.70. The summed E-state index contributed by atoms with van der Waals surface area (Å²) in [6.07, 6.45) is 3.31. The Hall–Kier alpha value is -3.81. The molecule has 37 heavy (non-hydrogen) atoms. The van der Waals surface area contributed by atoms with E-state index in [1.54, 1.807) is 7.11 Å². The molecule has 190 valence electrons. The van der Waals surface area contributed by atoms with Crippen molar-refractivity contribution in [2.24, 2.45) is 0 Å². The molecular weight excluding hydrogens is 462 g/mol. The third kappa shape index (κ3) is 6.50. The Kier molecular flexibility index (Phi) is 8.03. The first kappa shape index (κ1) is 24.9. The number of hydrogen-bond acceptors (Lipinski definition) is 6. The second kappa shape index (κ2) is 12.0. The fourth-order valence-electron chi connectivity index (χ4n) is 4.70. The van der Waals surface area contributed by atoms with Gasteiger partial charge in [0.05, 0.1) is 23.7 Å². The van der Waals surface area contributed by atoms with Crippen LogP contribution in [0.2, 0.25) is 0 Å². The van der Waals surface area contributed by atoms with Crippen molar-refractivity contribution in [1.29, 1.82) is 0 Å². The number of nitrogens with one attached hydrogen (secondary N) is 1. The van der Waals surface area contributed by atoms with Gasteiger partial charge in [0, 0.05) is 52.1 Å². The highest BCUT2D eigenvalue weighted by atomic mass is 16.5. The van der Waals surface area contributed by atoms with Gasteiger partial charge in [-0.1, -0.05) is 48.5 Å². The van der Waals surface area contributed by atoms with E-state index in [4.69, 9.17) is 9.72 Å². The number of carbonyl (C=O) groups excluding carboxylic acids is 1. The number of nitrogens with zero attached hydrogens (tertiary/aromatic N) is 4. The number of amides is 1. The van der Waals surface area contributed by atoms with Crippen molar-refractivity contribution in [1.82, 2.24) is 14.9 Å². The van der Waals surface area contributed by atoms with Crippen LogP contribution in [-0.2, 0) is 16.0 Å². The van der Waals surface area contributed by atoms with Gasteiger partial charge < -0.3 is 15.0 Å². The number of aromatic nitrogens is 2. The molecule has 0 atom stereocenters. The summed E-state index contributed by atoms with van der Waals surface area (Å²) in [4.78, 5) is 26.8. The summed E-state index contributed by atoms with van der Waals surface area (Å²) in [6.45, 7) is 5.83. The van der Waals surface area contributed by atoms with Crippen molar-refractivity contribution in [2.45, 2.75) is 12.8 Å². The highest BCUT2D eigenvalue weighted by molar-refractivity contribution is 5.92. The normalized spacial score (nSPS) is 14.1. The first-order chi connectivity index (χ1) is 18.2. The Morgan fingerprint density at radius 3 is 2.43 bits per heavy atom. The smallest absolute Gasteiger partial charge is 0.228 e. The Labute approximate surface area is 218 Å². The number of anilines is 2. The van der Waals surface area contributed by atoms with Crippen LogP contribution in [0.25, 0.3) is 22.2 Å². The molecule has 0 saturated carbocycles. The lowest BCUT2D eigenvalue weighted by Gasteiger charge is -2.35. The Bertz CT molecular complexity index is 1320. The van der Waals surface area contributed by atoms with Gasteiger partial charge in [-0.15, -0.1) is 0 Å². The maximum absolute atomic E-state index is 12.4. The van der Waals surface area contributed by atoms with Crippen LogP contribution in [0.1, 0.15) is 12.0 Å². The number of ether oxygens (including phenoxy) is 1. The minimum atomic E-state index is -0.0248. The summed E-state index contributed by atoms with van der Waals surface area (Å²) in [5.41, 5.74) is 5.70. The fraction of sp³-hybridized carbons (Fsp3) is 0.300. The van der Waals surface area contributed by atoms with Crippen molar-refractivity contribution in [2.75, 3.05) is 56.7 Å². The standard InChI is InChI=1S/C30H33N5O2/c1-37-19-5-14-34-15-17-35(18-16-34)29-22-31-27-13-10-25(21-28(27)33-29)24-8-11-26(12-9-24)32-30(36)20-23-6-3-2-4-7-23/h2-4,6-13,21-22H,5,14-20H2,1H3,(H,32,36). The molecule has 0 aliphatic carbocycles. The topological polar surface area (TPSA) is 70.6 Å². The monoisotopic (exact) mass is 495 g/mol. The SMILES string of the molecule is COCCCN1CCN(c2cnc3ccc(-c4ccc(NC(=O)Cc5ccccc5)cc4)cc3n2)CC1. The molecule has 1 fully saturated rings. The summed E-state index contributed by atoms with van der Waals surface area (Å²) in [5.74, 6) is 0.904. The van der Waals surface area contributed by atoms with E-state index >= 15 is 0 Å². The van der Waals surface area contributed by atoms with Gasteiger partial charge in [-0.05, 0) is 47.4 Å². The van der Waals surface area contributed by atoms with E-state index in [2.05, 4.69) is 32.2 Å². The van der Waals surface area contributed by atoms with E-state index in [1.807, 2.05) is 66.9 Å². The van der Waals surface area contributed by atoms with E-state index in [0.29, 0.717) is 6.42 Å². The number of piperazine rings is 1. The molecule has 0 unspecified atom stereocenters. The van der Waals surface area contributed by atoms with Crippen LogP contribution < -0.4 is 10.2 Å². The molecule has 0 spiro atoms. The van der Waals surface area contributed by atoms with Gasteiger partial charge in [0.25, 0.3) is 0 Å². The predicted octanol–water partition coefficient (Wildman–Crippen LogP) is 4.64. The molecule has 0 bridgehead atoms. The van der Waals surface area contributed by atoms with E-state index in [9.17, 15) is 4.79 Å². The molecule has 1 N–H and O–H groups in total. The molecule has 1 saturated heterocycles. The summed E-state index contributed by atoms with van der Waals surface area (Å²) in [6, 6.07) is 23.9. The molecule has 7 nitrogen and oxygen atoms in total. The van der Waals surface area contributed by atoms with Gasteiger partial charge in [-0.25, -0.2) is 4.98 Å². The van der Waals surface area contributed by atoms with Crippen LogP contribution >= 0.6 is 0 Å². The molecule has 2 heterocycles. The Balaban J connectivity index is 1.23. The van der Waals surface area contributed by atoms with Crippen LogP contribution in [0, 0.1) is 0 Å². The molecule has 1 amide bonds. The van der Waals surface area contributed by atoms with Crippen LogP contribution in [0.3, 0.4) is 0 Å². The number of methoxy groups -OCH3 is 1. The lowest BCUT2D eigenvalue weighted by Crippen LogP contribution is -2.47. The molecule has 4 aromatic rings. The van der Waals surface area contributed by atoms with E-state index in [1.165, 1.54) is 0 Å². The van der Waals surface area contributed by atoms with E-state index < -0.39 is 0 Å². The minimum Gasteiger partial charge on any atom is -0.385 e. The number of fused-ring (bicyclic) bond motifs is 1. The highest BCUT2D eigenvalue weighted by Crippen LogP contribution is 2.26. The summed E-state index contributed by atoms with van der Waals surface area (Å²) >= 11 is 0. The molecule has 0 radical (unpaired) electrons. The predicted molar refractivity (Wildman–Crippen MR) is 149 cm³/mol. The number of rotatable bonds is 9. The first-order valence-electron chi connectivity index (χ1n) is 12.9. The number of carbonyl (C=O) groups is 1. The van der Waals surface area contributed by atoms with Crippen molar-refractivity contribution in [3.8, 4) is 11.1 Å². The van der Waals surface area contributed by atoms with Crippen LogP contribution in [0.4, 0.5) is 11.5 Å². The van der Waals surface area contributed by atoms with Crippen molar-refractivity contribution in [3.05, 3.63) is 84.6 Å². The zero-order valence-corrected chi connectivity index (χ0v) is 21.3. The zero-order valence-electron chi connectivity index (χ0n) is 21.3. The number of benzene rings is 3. The number of hydrogen-bond donors (Lipinski definition) is 1. The zero-order chi connectivity index (χ0) is 25.5. The van der Waals surface area contributed by atoms with Gasteiger partial charge in [0.2, 0.25) is 5.91 Å². The van der Waals surface area contributed by atoms with E-state index in [0.717, 1.165) is 85.0 Å². The third-order valence-corrected chi connectivity index (χ3v) is 6.76. The highest BCUT2D eigenvalue weighted by Gasteiger charge is 2.18. The van der Waals surface area contributed by atoms with Gasteiger partial charge in [0.15, 0.2) is 0 Å². The second-order valence-electron chi connectivity index (χ2n) is 9.39. The van der Waals surface area contributed by atoms with Crippen LogP contribution in [-0.4, -0.2) is 67.2 Å². The minimum absolute atomic E-state index is 0.0248. The summed E-state index contributed by atoms with van der Waals surface area (Å²) in [5, 5.41) is 2.98.